The molecule has 72 valence electrons. The summed E-state index contributed by atoms with van der Waals surface area (Å²) < 4.78 is 46.3. The Kier molecular flexibility index (Phi) is 3.04. The highest BCUT2D eigenvalue weighted by Crippen LogP contribution is 2.26. The highest BCUT2D eigenvalue weighted by Gasteiger charge is 2.34. The van der Waals surface area contributed by atoms with E-state index in [0.717, 1.165) is 6.42 Å². The fourth-order valence-electron chi connectivity index (χ4n) is 1.55. The van der Waals surface area contributed by atoms with Gasteiger partial charge in [-0.15, -0.1) is 3.89 Å². The lowest BCUT2D eigenvalue weighted by atomic mass is 10.2. The van der Waals surface area contributed by atoms with Crippen molar-refractivity contribution in [2.24, 2.45) is 0 Å². The fourth-order valence-corrected chi connectivity index (χ4v) is 2.48. The maximum absolute atomic E-state index is 13.0. The molecule has 0 aliphatic heterocycles. The number of hydrogen-bond donors (Lipinski definition) is 0. The van der Waals surface area contributed by atoms with Crippen LogP contribution in [0.15, 0.2) is 0 Å². The average Bonchev–Trinajstić information content (AvgIpc) is 2.11. The van der Waals surface area contributed by atoms with Gasteiger partial charge in [0.15, 0.2) is 0 Å². The summed E-state index contributed by atoms with van der Waals surface area (Å²) >= 11 is 0. The summed E-state index contributed by atoms with van der Waals surface area (Å²) in [6.45, 7) is 0. The Bertz CT molecular complexity index is 238. The zero-order valence-corrected chi connectivity index (χ0v) is 7.49. The Morgan fingerprint density at radius 2 is 1.67 bits per heavy atom. The van der Waals surface area contributed by atoms with Gasteiger partial charge < -0.3 is 0 Å². The summed E-state index contributed by atoms with van der Waals surface area (Å²) in [5.74, 6) is 0. The topological polar surface area (TPSA) is 34.1 Å². The van der Waals surface area contributed by atoms with E-state index in [0.29, 0.717) is 12.8 Å². The van der Waals surface area contributed by atoms with Crippen LogP contribution in [0.25, 0.3) is 0 Å². The molecule has 1 saturated carbocycles. The predicted molar refractivity (Wildman–Crippen MR) is 41.8 cm³/mol. The third-order valence-electron chi connectivity index (χ3n) is 2.23. The number of rotatable bonds is 1. The summed E-state index contributed by atoms with van der Waals surface area (Å²) in [6, 6.07) is 0. The normalized spacial score (nSPS) is 32.8. The van der Waals surface area contributed by atoms with Crippen LogP contribution in [0.2, 0.25) is 0 Å². The first-order valence-electron chi connectivity index (χ1n) is 4.09. The summed E-state index contributed by atoms with van der Waals surface area (Å²) in [7, 11) is -4.67. The summed E-state index contributed by atoms with van der Waals surface area (Å²) in [6.07, 6.45) is 0.851. The van der Waals surface area contributed by atoms with Crippen LogP contribution in [0, 0.1) is 0 Å². The van der Waals surface area contributed by atoms with Crippen LogP contribution in [0.4, 0.5) is 8.28 Å². The van der Waals surface area contributed by atoms with Crippen molar-refractivity contribution in [2.45, 2.75) is 43.5 Å². The van der Waals surface area contributed by atoms with Gasteiger partial charge >= 0.3 is 10.2 Å². The molecule has 0 heterocycles. The van der Waals surface area contributed by atoms with E-state index in [2.05, 4.69) is 0 Å². The highest BCUT2D eigenvalue weighted by atomic mass is 32.3. The van der Waals surface area contributed by atoms with Crippen LogP contribution in [0.5, 0.6) is 0 Å². The molecule has 0 aromatic heterocycles. The quantitative estimate of drug-likeness (QED) is 0.476. The van der Waals surface area contributed by atoms with Gasteiger partial charge in [0.1, 0.15) is 11.4 Å². The van der Waals surface area contributed by atoms with Gasteiger partial charge in [0.05, 0.1) is 0 Å². The second-order valence-electron chi connectivity index (χ2n) is 3.17. The first-order valence-corrected chi connectivity index (χ1v) is 5.54. The molecule has 0 saturated heterocycles. The predicted octanol–water partition coefficient (Wildman–Crippen LogP) is 1.96. The second-order valence-corrected chi connectivity index (χ2v) is 4.72. The first kappa shape index (κ1) is 9.89. The van der Waals surface area contributed by atoms with Gasteiger partial charge in [-0.1, -0.05) is 19.3 Å². The molecule has 0 N–H and O–H groups in total. The van der Waals surface area contributed by atoms with Crippen LogP contribution in [0.1, 0.15) is 32.1 Å². The maximum Gasteiger partial charge on any atom is 0.308 e. The van der Waals surface area contributed by atoms with Crippen LogP contribution in [0.3, 0.4) is 0 Å². The van der Waals surface area contributed by atoms with Gasteiger partial charge in [-0.25, -0.2) is 4.39 Å². The van der Waals surface area contributed by atoms with Crippen molar-refractivity contribution in [2.75, 3.05) is 0 Å². The molecule has 5 heteroatoms. The van der Waals surface area contributed by atoms with E-state index in [1.807, 2.05) is 0 Å². The second kappa shape index (κ2) is 3.68. The fraction of sp³-hybridized carbons (Fsp3) is 1.00. The van der Waals surface area contributed by atoms with E-state index in [1.54, 1.807) is 0 Å². The van der Waals surface area contributed by atoms with E-state index in [4.69, 9.17) is 0 Å². The summed E-state index contributed by atoms with van der Waals surface area (Å²) in [4.78, 5) is 0. The number of halogens is 2. The largest absolute Gasteiger partial charge is 0.308 e. The SMILES string of the molecule is O=S(=O)(F)C1CCCCCC1F. The van der Waals surface area contributed by atoms with Crippen molar-refractivity contribution in [1.29, 1.82) is 0 Å². The number of hydrogen-bond acceptors (Lipinski definition) is 2. The smallest absolute Gasteiger partial charge is 0.246 e. The molecule has 1 aliphatic rings. The van der Waals surface area contributed by atoms with E-state index >= 15 is 0 Å². The Morgan fingerprint density at radius 1 is 1.08 bits per heavy atom. The van der Waals surface area contributed by atoms with Crippen LogP contribution < -0.4 is 0 Å². The lowest BCUT2D eigenvalue weighted by Crippen LogP contribution is -2.27. The molecular weight excluding hydrogens is 186 g/mol. The lowest BCUT2D eigenvalue weighted by molar-refractivity contribution is 0.297. The van der Waals surface area contributed by atoms with Crippen LogP contribution in [-0.4, -0.2) is 19.8 Å². The van der Waals surface area contributed by atoms with Crippen molar-refractivity contribution in [1.82, 2.24) is 0 Å². The van der Waals surface area contributed by atoms with E-state index in [9.17, 15) is 16.7 Å². The average molecular weight is 198 g/mol. The molecule has 0 aromatic rings. The molecule has 0 spiro atoms. The van der Waals surface area contributed by atoms with E-state index < -0.39 is 21.6 Å². The molecule has 1 rings (SSSR count). The molecule has 1 aliphatic carbocycles. The van der Waals surface area contributed by atoms with Crippen molar-refractivity contribution in [3.63, 3.8) is 0 Å². The molecule has 0 radical (unpaired) electrons. The molecule has 0 aromatic carbocycles. The molecule has 2 nitrogen and oxygen atoms in total. The minimum absolute atomic E-state index is 0.125. The van der Waals surface area contributed by atoms with E-state index in [1.165, 1.54) is 0 Å². The summed E-state index contributed by atoms with van der Waals surface area (Å²) in [5.41, 5.74) is 0. The third-order valence-corrected chi connectivity index (χ3v) is 3.49. The molecule has 2 unspecified atom stereocenters. The Morgan fingerprint density at radius 3 is 2.25 bits per heavy atom. The molecule has 0 amide bonds. The van der Waals surface area contributed by atoms with Gasteiger partial charge in [0, 0.05) is 0 Å². The molecule has 12 heavy (non-hydrogen) atoms. The lowest BCUT2D eigenvalue weighted by Gasteiger charge is -2.12. The van der Waals surface area contributed by atoms with E-state index in [-0.39, 0.29) is 12.8 Å². The zero-order valence-electron chi connectivity index (χ0n) is 6.67. The molecular formula is C7H12F2O2S. The third kappa shape index (κ3) is 2.40. The molecule has 1 fully saturated rings. The van der Waals surface area contributed by atoms with Gasteiger partial charge in [-0.05, 0) is 12.8 Å². The standard InChI is InChI=1S/C7H12F2O2S/c8-6-4-2-1-3-5-7(6)12(9,10)11/h6-7H,1-5H2. The Balaban J connectivity index is 2.72. The first-order chi connectivity index (χ1) is 5.52. The highest BCUT2D eigenvalue weighted by molar-refractivity contribution is 7.87. The monoisotopic (exact) mass is 198 g/mol. The molecule has 0 bridgehead atoms. The van der Waals surface area contributed by atoms with Crippen molar-refractivity contribution in [3.8, 4) is 0 Å². The van der Waals surface area contributed by atoms with Gasteiger partial charge in [-0.2, -0.15) is 8.42 Å². The van der Waals surface area contributed by atoms with Crippen molar-refractivity contribution in [3.05, 3.63) is 0 Å². The van der Waals surface area contributed by atoms with Crippen molar-refractivity contribution < 1.29 is 16.7 Å². The Labute approximate surface area is 71.2 Å². The zero-order chi connectivity index (χ0) is 9.19. The maximum atomic E-state index is 13.0. The minimum Gasteiger partial charge on any atom is -0.246 e. The number of alkyl halides is 1. The van der Waals surface area contributed by atoms with Crippen molar-refractivity contribution >= 4 is 10.2 Å². The summed E-state index contributed by atoms with van der Waals surface area (Å²) in [5, 5.41) is -1.40. The van der Waals surface area contributed by atoms with Crippen LogP contribution >= 0.6 is 0 Å². The molecule has 2 atom stereocenters. The minimum atomic E-state index is -4.67. The Hall–Kier alpha value is -0.190. The van der Waals surface area contributed by atoms with Gasteiger partial charge in [-0.3, -0.25) is 0 Å². The van der Waals surface area contributed by atoms with Gasteiger partial charge in [0.25, 0.3) is 0 Å². The van der Waals surface area contributed by atoms with Crippen LogP contribution in [-0.2, 0) is 10.2 Å². The van der Waals surface area contributed by atoms with Gasteiger partial charge in [0.2, 0.25) is 0 Å².